The van der Waals surface area contributed by atoms with E-state index in [-0.39, 0.29) is 5.57 Å². The highest BCUT2D eigenvalue weighted by Gasteiger charge is 2.38. The topological polar surface area (TPSA) is 35.2 Å². The van der Waals surface area contributed by atoms with Gasteiger partial charge in [-0.15, -0.1) is 0 Å². The van der Waals surface area contributed by atoms with E-state index >= 15 is 0 Å². The van der Waals surface area contributed by atoms with Crippen molar-refractivity contribution in [2.75, 3.05) is 7.11 Å². The molecular formula is C10H12F3NO. The number of hydrogen-bond acceptors (Lipinski definition) is 2. The lowest BCUT2D eigenvalue weighted by Gasteiger charge is -2.16. The van der Waals surface area contributed by atoms with Crippen molar-refractivity contribution in [2.24, 2.45) is 5.73 Å². The third-order valence-corrected chi connectivity index (χ3v) is 2.06. The van der Waals surface area contributed by atoms with Crippen molar-refractivity contribution in [1.29, 1.82) is 0 Å². The molecule has 0 aliphatic heterocycles. The van der Waals surface area contributed by atoms with Crippen LogP contribution in [0, 0.1) is 0 Å². The summed E-state index contributed by atoms with van der Waals surface area (Å²) in [6.07, 6.45) is 1.92. The zero-order valence-corrected chi connectivity index (χ0v) is 8.21. The number of hydrogen-bond donors (Lipinski definition) is 1. The van der Waals surface area contributed by atoms with Crippen LogP contribution >= 0.6 is 0 Å². The molecule has 0 aromatic heterocycles. The first-order valence-corrected chi connectivity index (χ1v) is 4.39. The molecular weight excluding hydrogens is 207 g/mol. The number of ether oxygens (including phenoxy) is 1. The molecule has 2 nitrogen and oxygen atoms in total. The molecule has 0 spiro atoms. The van der Waals surface area contributed by atoms with Gasteiger partial charge in [0.15, 0.2) is 0 Å². The molecule has 1 rings (SSSR count). The van der Waals surface area contributed by atoms with Crippen molar-refractivity contribution in [3.63, 3.8) is 0 Å². The zero-order valence-electron chi connectivity index (χ0n) is 8.21. The van der Waals surface area contributed by atoms with E-state index in [9.17, 15) is 13.2 Å². The van der Waals surface area contributed by atoms with E-state index in [1.807, 2.05) is 0 Å². The van der Waals surface area contributed by atoms with Crippen LogP contribution in [0.4, 0.5) is 13.2 Å². The Morgan fingerprint density at radius 2 is 2.00 bits per heavy atom. The van der Waals surface area contributed by atoms with Crippen molar-refractivity contribution in [1.82, 2.24) is 0 Å². The van der Waals surface area contributed by atoms with Gasteiger partial charge < -0.3 is 10.5 Å². The van der Waals surface area contributed by atoms with Crippen LogP contribution in [0.5, 0.6) is 0 Å². The highest BCUT2D eigenvalue weighted by molar-refractivity contribution is 5.33. The first-order valence-electron chi connectivity index (χ1n) is 4.39. The van der Waals surface area contributed by atoms with Gasteiger partial charge in [0.25, 0.3) is 0 Å². The van der Waals surface area contributed by atoms with Crippen LogP contribution in [0.25, 0.3) is 0 Å². The molecule has 0 aromatic rings. The van der Waals surface area contributed by atoms with Crippen LogP contribution in [0.15, 0.2) is 35.6 Å². The average molecular weight is 219 g/mol. The number of allylic oxidation sites excluding steroid dienone is 3. The van der Waals surface area contributed by atoms with Gasteiger partial charge in [0.05, 0.1) is 7.11 Å². The van der Waals surface area contributed by atoms with E-state index in [2.05, 4.69) is 0 Å². The minimum Gasteiger partial charge on any atom is -0.497 e. The highest BCUT2D eigenvalue weighted by Crippen LogP contribution is 2.26. The summed E-state index contributed by atoms with van der Waals surface area (Å²) in [6.45, 7) is 0. The van der Waals surface area contributed by atoms with E-state index in [1.165, 1.54) is 25.3 Å². The number of nitrogens with two attached hydrogens (primary N) is 1. The van der Waals surface area contributed by atoms with Crippen molar-refractivity contribution < 1.29 is 17.9 Å². The normalized spacial score (nSPS) is 19.0. The molecule has 84 valence electrons. The van der Waals surface area contributed by atoms with Crippen LogP contribution in [-0.4, -0.2) is 19.3 Å². The second-order valence-electron chi connectivity index (χ2n) is 3.10. The number of alkyl halides is 3. The Kier molecular flexibility index (Phi) is 3.57. The van der Waals surface area contributed by atoms with E-state index < -0.39 is 12.2 Å². The molecule has 2 N–H and O–H groups in total. The van der Waals surface area contributed by atoms with Crippen molar-refractivity contribution in [3.05, 3.63) is 35.6 Å². The molecule has 5 heteroatoms. The molecule has 0 unspecified atom stereocenters. The Hall–Kier alpha value is -1.23. The maximum Gasteiger partial charge on any atom is 0.407 e. The van der Waals surface area contributed by atoms with Gasteiger partial charge in [0, 0.05) is 0 Å². The van der Waals surface area contributed by atoms with Gasteiger partial charge in [-0.25, -0.2) is 0 Å². The van der Waals surface area contributed by atoms with Crippen LogP contribution in [0.2, 0.25) is 0 Å². The summed E-state index contributed by atoms with van der Waals surface area (Å²) in [5.41, 5.74) is 5.13. The Labute approximate surface area is 85.9 Å². The van der Waals surface area contributed by atoms with Crippen molar-refractivity contribution >= 4 is 0 Å². The van der Waals surface area contributed by atoms with Crippen molar-refractivity contribution in [2.45, 2.75) is 18.6 Å². The lowest BCUT2D eigenvalue weighted by molar-refractivity contribution is -0.138. The molecule has 0 fully saturated rings. The highest BCUT2D eigenvalue weighted by atomic mass is 19.4. The molecule has 0 bridgehead atoms. The van der Waals surface area contributed by atoms with Crippen LogP contribution in [-0.2, 0) is 4.74 Å². The SMILES string of the molecule is COC1=CCC=C([C@H](N)C(F)(F)F)C=C1. The van der Waals surface area contributed by atoms with E-state index in [0.717, 1.165) is 0 Å². The van der Waals surface area contributed by atoms with Gasteiger partial charge >= 0.3 is 6.18 Å². The Morgan fingerprint density at radius 1 is 1.33 bits per heavy atom. The van der Waals surface area contributed by atoms with E-state index in [4.69, 9.17) is 10.5 Å². The number of halogens is 3. The lowest BCUT2D eigenvalue weighted by Crippen LogP contribution is -2.38. The molecule has 0 saturated heterocycles. The minimum atomic E-state index is -4.41. The summed E-state index contributed by atoms with van der Waals surface area (Å²) < 4.78 is 41.8. The molecule has 0 aromatic carbocycles. The van der Waals surface area contributed by atoms with Crippen molar-refractivity contribution in [3.8, 4) is 0 Å². The van der Waals surface area contributed by atoms with E-state index in [1.54, 1.807) is 6.08 Å². The largest absolute Gasteiger partial charge is 0.497 e. The van der Waals surface area contributed by atoms with Gasteiger partial charge in [0.1, 0.15) is 11.8 Å². The molecule has 1 aliphatic rings. The number of methoxy groups -OCH3 is 1. The zero-order chi connectivity index (χ0) is 11.5. The molecule has 1 atom stereocenters. The third-order valence-electron chi connectivity index (χ3n) is 2.06. The predicted molar refractivity (Wildman–Crippen MR) is 51.0 cm³/mol. The van der Waals surface area contributed by atoms with Crippen LogP contribution in [0.1, 0.15) is 6.42 Å². The van der Waals surface area contributed by atoms with Gasteiger partial charge in [-0.1, -0.05) is 12.2 Å². The molecule has 0 amide bonds. The molecule has 0 saturated carbocycles. The fourth-order valence-corrected chi connectivity index (χ4v) is 1.20. The molecule has 0 heterocycles. The Balaban J connectivity index is 2.79. The van der Waals surface area contributed by atoms with Gasteiger partial charge in [-0.3, -0.25) is 0 Å². The summed E-state index contributed by atoms with van der Waals surface area (Å²) in [6, 6.07) is -1.93. The number of rotatable bonds is 2. The molecule has 15 heavy (non-hydrogen) atoms. The fourth-order valence-electron chi connectivity index (χ4n) is 1.20. The summed E-state index contributed by atoms with van der Waals surface area (Å²) >= 11 is 0. The predicted octanol–water partition coefficient (Wildman–Crippen LogP) is 2.29. The molecule has 0 radical (unpaired) electrons. The first kappa shape index (κ1) is 11.8. The average Bonchev–Trinajstić information content (AvgIpc) is 2.39. The minimum absolute atomic E-state index is 0.0609. The lowest BCUT2D eigenvalue weighted by atomic mass is 10.1. The monoisotopic (exact) mass is 219 g/mol. The Bertz CT molecular complexity index is 315. The summed E-state index contributed by atoms with van der Waals surface area (Å²) in [7, 11) is 1.46. The van der Waals surface area contributed by atoms with Gasteiger partial charge in [0.2, 0.25) is 0 Å². The quantitative estimate of drug-likeness (QED) is 0.773. The maximum absolute atomic E-state index is 12.3. The first-order chi connectivity index (χ1) is 6.95. The maximum atomic E-state index is 12.3. The van der Waals surface area contributed by atoms with Crippen LogP contribution in [0.3, 0.4) is 0 Å². The Morgan fingerprint density at radius 3 is 2.53 bits per heavy atom. The molecule has 1 aliphatic carbocycles. The van der Waals surface area contributed by atoms with Gasteiger partial charge in [-0.2, -0.15) is 13.2 Å². The summed E-state index contributed by atoms with van der Waals surface area (Å²) in [4.78, 5) is 0. The standard InChI is InChI=1S/C10H12F3NO/c1-15-8-4-2-3-7(5-6-8)9(14)10(11,12)13/h3-6,9H,2,14H2,1H3/t9-/m0/s1. The summed E-state index contributed by atoms with van der Waals surface area (Å²) in [5.74, 6) is 0.538. The second-order valence-corrected chi connectivity index (χ2v) is 3.10. The smallest absolute Gasteiger partial charge is 0.407 e. The van der Waals surface area contributed by atoms with E-state index in [0.29, 0.717) is 12.2 Å². The second kappa shape index (κ2) is 4.53. The van der Waals surface area contributed by atoms with Crippen LogP contribution < -0.4 is 5.73 Å². The third kappa shape index (κ3) is 3.13. The van der Waals surface area contributed by atoms with Gasteiger partial charge in [-0.05, 0) is 24.1 Å². The summed E-state index contributed by atoms with van der Waals surface area (Å²) in [5, 5.41) is 0. The fraction of sp³-hybridized carbons (Fsp3) is 0.400.